The average molecular weight is 439 g/mol. The van der Waals surface area contributed by atoms with Crippen molar-refractivity contribution in [3.05, 3.63) is 54.0 Å². The van der Waals surface area contributed by atoms with Gasteiger partial charge in [-0.25, -0.2) is 5.43 Å². The smallest absolute Gasteiger partial charge is 0.307 e. The van der Waals surface area contributed by atoms with Gasteiger partial charge in [0.1, 0.15) is 0 Å². The summed E-state index contributed by atoms with van der Waals surface area (Å²) in [5, 5.41) is 16.4. The molecule has 10 nitrogen and oxygen atoms in total. The summed E-state index contributed by atoms with van der Waals surface area (Å²) in [5.41, 5.74) is 3.64. The number of carboxylic acid groups (broad SMARTS) is 1. The number of amides is 2. The van der Waals surface area contributed by atoms with Crippen LogP contribution in [0.3, 0.4) is 0 Å². The molecular formula is C22H21N3O7. The maximum absolute atomic E-state index is 13.0. The van der Waals surface area contributed by atoms with E-state index in [1.807, 2.05) is 0 Å². The van der Waals surface area contributed by atoms with Crippen LogP contribution in [0.15, 0.2) is 52.2 Å². The molecular weight excluding hydrogens is 418 g/mol. The van der Waals surface area contributed by atoms with E-state index in [1.54, 1.807) is 37.3 Å². The Balaban J connectivity index is 1.59. The van der Waals surface area contributed by atoms with Crippen molar-refractivity contribution in [3.63, 3.8) is 0 Å². The van der Waals surface area contributed by atoms with Crippen LogP contribution in [0.1, 0.15) is 35.9 Å². The summed E-state index contributed by atoms with van der Waals surface area (Å²) in [5.74, 6) is -2.48. The van der Waals surface area contributed by atoms with E-state index in [2.05, 4.69) is 15.8 Å². The Morgan fingerprint density at radius 2 is 1.81 bits per heavy atom. The monoisotopic (exact) mass is 439 g/mol. The summed E-state index contributed by atoms with van der Waals surface area (Å²) in [6.45, 7) is 1.69. The van der Waals surface area contributed by atoms with Crippen LogP contribution < -0.4 is 20.2 Å². The average Bonchev–Trinajstić information content (AvgIpc) is 3.48. The van der Waals surface area contributed by atoms with E-state index in [9.17, 15) is 19.5 Å². The summed E-state index contributed by atoms with van der Waals surface area (Å²) in [6, 6.07) is 6.33. The highest BCUT2D eigenvalue weighted by molar-refractivity contribution is 6.08. The van der Waals surface area contributed by atoms with Crippen LogP contribution >= 0.6 is 0 Å². The zero-order chi connectivity index (χ0) is 22.7. The topological polar surface area (TPSA) is 139 Å². The van der Waals surface area contributed by atoms with Gasteiger partial charge >= 0.3 is 11.9 Å². The van der Waals surface area contributed by atoms with Crippen molar-refractivity contribution in [1.29, 1.82) is 0 Å². The number of fused-ring (bicyclic) bond motifs is 1. The molecule has 32 heavy (non-hydrogen) atoms. The van der Waals surface area contributed by atoms with E-state index in [0.717, 1.165) is 0 Å². The maximum Gasteiger partial charge on any atom is 0.307 e. The number of carbonyl (C=O) groups is 3. The van der Waals surface area contributed by atoms with Crippen LogP contribution in [-0.2, 0) is 9.59 Å². The molecule has 166 valence electrons. The number of rotatable bonds is 6. The van der Waals surface area contributed by atoms with Gasteiger partial charge in [0, 0.05) is 11.6 Å². The third-order valence-electron chi connectivity index (χ3n) is 5.32. The number of hydrazone groups is 1. The van der Waals surface area contributed by atoms with Gasteiger partial charge in [-0.3, -0.25) is 14.4 Å². The second kappa shape index (κ2) is 8.96. The molecule has 0 spiro atoms. The molecule has 0 bridgehead atoms. The number of benzene rings is 1. The number of anilines is 1. The lowest BCUT2D eigenvalue weighted by Crippen LogP contribution is -2.35. The van der Waals surface area contributed by atoms with Gasteiger partial charge in [0.05, 0.1) is 29.5 Å². The largest absolute Gasteiger partial charge is 0.481 e. The van der Waals surface area contributed by atoms with Gasteiger partial charge in [0.15, 0.2) is 17.3 Å². The van der Waals surface area contributed by atoms with Crippen LogP contribution in [0, 0.1) is 11.8 Å². The molecule has 1 aliphatic carbocycles. The SMILES string of the molecule is C/C(=N/NC(=O)c1ccco1)c1cc2c(cc1NC(=O)[C@@H]1CC=CC[C@@H]1C(=O)O)OCO2. The summed E-state index contributed by atoms with van der Waals surface area (Å²) in [7, 11) is 0. The number of carbonyl (C=O) groups excluding carboxylic acids is 2. The van der Waals surface area contributed by atoms with Crippen LogP contribution in [0.2, 0.25) is 0 Å². The van der Waals surface area contributed by atoms with Crippen molar-refractivity contribution in [2.75, 3.05) is 12.1 Å². The van der Waals surface area contributed by atoms with Gasteiger partial charge in [0.2, 0.25) is 12.7 Å². The molecule has 2 heterocycles. The van der Waals surface area contributed by atoms with Gasteiger partial charge < -0.3 is 24.3 Å². The molecule has 2 amide bonds. The van der Waals surface area contributed by atoms with Gasteiger partial charge in [-0.15, -0.1) is 0 Å². The molecule has 2 aromatic rings. The van der Waals surface area contributed by atoms with Crippen molar-refractivity contribution in [1.82, 2.24) is 5.43 Å². The minimum Gasteiger partial charge on any atom is -0.481 e. The van der Waals surface area contributed by atoms with Gasteiger partial charge in [-0.2, -0.15) is 5.10 Å². The Morgan fingerprint density at radius 3 is 2.50 bits per heavy atom. The van der Waals surface area contributed by atoms with Crippen molar-refractivity contribution in [3.8, 4) is 11.5 Å². The van der Waals surface area contributed by atoms with Gasteiger partial charge in [-0.1, -0.05) is 12.2 Å². The number of carboxylic acids is 1. The molecule has 10 heteroatoms. The highest BCUT2D eigenvalue weighted by Gasteiger charge is 2.34. The molecule has 2 atom stereocenters. The van der Waals surface area contributed by atoms with Crippen LogP contribution in [-0.4, -0.2) is 35.4 Å². The first-order valence-corrected chi connectivity index (χ1v) is 9.95. The number of aliphatic carboxylic acids is 1. The van der Waals surface area contributed by atoms with E-state index >= 15 is 0 Å². The standard InChI is InChI=1S/C22H21N3O7/c1-12(24-25-21(27)17-7-4-8-30-17)15-9-18-19(32-11-31-18)10-16(15)23-20(26)13-5-2-3-6-14(13)22(28)29/h2-4,7-10,13-14H,5-6,11H2,1H3,(H,23,26)(H,25,27)(H,28,29)/b24-12-/t13-,14+/m1/s1. The molecule has 1 aromatic heterocycles. The summed E-state index contributed by atoms with van der Waals surface area (Å²) in [6.07, 6.45) is 5.58. The van der Waals surface area contributed by atoms with Crippen molar-refractivity contribution < 1.29 is 33.4 Å². The molecule has 1 aromatic carbocycles. The number of allylic oxidation sites excluding steroid dienone is 2. The van der Waals surface area contributed by atoms with E-state index in [1.165, 1.54) is 12.3 Å². The highest BCUT2D eigenvalue weighted by Crippen LogP contribution is 2.38. The minimum atomic E-state index is -1.02. The fourth-order valence-corrected chi connectivity index (χ4v) is 3.60. The first kappa shape index (κ1) is 21.2. The molecule has 4 rings (SSSR count). The maximum atomic E-state index is 13.0. The minimum absolute atomic E-state index is 0.0338. The lowest BCUT2D eigenvalue weighted by Gasteiger charge is -2.24. The molecule has 0 fully saturated rings. The zero-order valence-corrected chi connectivity index (χ0v) is 17.2. The summed E-state index contributed by atoms with van der Waals surface area (Å²) >= 11 is 0. The first-order valence-electron chi connectivity index (χ1n) is 9.95. The fraction of sp³-hybridized carbons (Fsp3) is 0.273. The third kappa shape index (κ3) is 4.34. The summed E-state index contributed by atoms with van der Waals surface area (Å²) < 4.78 is 15.9. The number of nitrogens with one attached hydrogen (secondary N) is 2. The van der Waals surface area contributed by atoms with Crippen LogP contribution in [0.4, 0.5) is 5.69 Å². The predicted octanol–water partition coefficient (Wildman–Crippen LogP) is 2.77. The van der Waals surface area contributed by atoms with Gasteiger partial charge in [-0.05, 0) is 38.0 Å². The predicted molar refractivity (Wildman–Crippen MR) is 113 cm³/mol. The van der Waals surface area contributed by atoms with E-state index < -0.39 is 29.6 Å². The van der Waals surface area contributed by atoms with Crippen molar-refractivity contribution in [2.24, 2.45) is 16.9 Å². The highest BCUT2D eigenvalue weighted by atomic mass is 16.7. The first-order chi connectivity index (χ1) is 15.4. The lowest BCUT2D eigenvalue weighted by atomic mass is 9.82. The molecule has 0 saturated carbocycles. The number of furan rings is 1. The Labute approximate surface area is 182 Å². The van der Waals surface area contributed by atoms with Gasteiger partial charge in [0.25, 0.3) is 0 Å². The Kier molecular flexibility index (Phi) is 5.93. The second-order valence-corrected chi connectivity index (χ2v) is 7.35. The Hall–Kier alpha value is -4.08. The molecule has 3 N–H and O–H groups in total. The number of ether oxygens (including phenoxy) is 2. The Bertz CT molecular complexity index is 1100. The number of nitrogens with zero attached hydrogens (tertiary/aromatic N) is 1. The zero-order valence-electron chi connectivity index (χ0n) is 17.2. The second-order valence-electron chi connectivity index (χ2n) is 7.35. The van der Waals surface area contributed by atoms with E-state index in [0.29, 0.717) is 41.3 Å². The molecule has 0 radical (unpaired) electrons. The van der Waals surface area contributed by atoms with E-state index in [4.69, 9.17) is 13.9 Å². The number of hydrogen-bond acceptors (Lipinski definition) is 7. The third-order valence-corrected chi connectivity index (χ3v) is 5.32. The lowest BCUT2D eigenvalue weighted by molar-refractivity contribution is -0.146. The normalized spacial score (nSPS) is 19.5. The van der Waals surface area contributed by atoms with Crippen LogP contribution in [0.5, 0.6) is 11.5 Å². The Morgan fingerprint density at radius 1 is 1.09 bits per heavy atom. The fourth-order valence-electron chi connectivity index (χ4n) is 3.60. The van der Waals surface area contributed by atoms with E-state index in [-0.39, 0.29) is 12.6 Å². The van der Waals surface area contributed by atoms with Crippen LogP contribution in [0.25, 0.3) is 0 Å². The number of hydrogen-bond donors (Lipinski definition) is 3. The molecule has 2 aliphatic rings. The molecule has 0 saturated heterocycles. The molecule has 1 aliphatic heterocycles. The summed E-state index contributed by atoms with van der Waals surface area (Å²) in [4.78, 5) is 36.7. The quantitative estimate of drug-likeness (QED) is 0.357. The van der Waals surface area contributed by atoms with Crippen molar-refractivity contribution >= 4 is 29.2 Å². The van der Waals surface area contributed by atoms with Crippen molar-refractivity contribution in [2.45, 2.75) is 19.8 Å². The molecule has 0 unspecified atom stereocenters.